The molecule has 0 bridgehead atoms. The van der Waals surface area contributed by atoms with Gasteiger partial charge in [0.15, 0.2) is 0 Å². The first-order chi connectivity index (χ1) is 13.6. The zero-order valence-electron chi connectivity index (χ0n) is 18.3. The van der Waals surface area contributed by atoms with E-state index < -0.39 is 0 Å². The third-order valence-corrected chi connectivity index (χ3v) is 4.47. The molecule has 2 amide bonds. The van der Waals surface area contributed by atoms with Crippen molar-refractivity contribution in [2.45, 2.75) is 59.5 Å². The van der Waals surface area contributed by atoms with Gasteiger partial charge in [-0.1, -0.05) is 39.0 Å². The van der Waals surface area contributed by atoms with Gasteiger partial charge in [-0.25, -0.2) is 0 Å². The maximum absolute atomic E-state index is 12.6. The highest BCUT2D eigenvalue weighted by molar-refractivity contribution is 5.95. The first kappa shape index (κ1) is 22.5. The van der Waals surface area contributed by atoms with Crippen molar-refractivity contribution in [2.75, 3.05) is 16.8 Å². The Kier molecular flexibility index (Phi) is 7.43. The molecule has 29 heavy (non-hydrogen) atoms. The average Bonchev–Trinajstić information content (AvgIpc) is 2.62. The van der Waals surface area contributed by atoms with Crippen molar-refractivity contribution < 1.29 is 14.3 Å². The Labute approximate surface area is 174 Å². The van der Waals surface area contributed by atoms with Crippen molar-refractivity contribution in [3.8, 4) is 5.75 Å². The summed E-state index contributed by atoms with van der Waals surface area (Å²) in [6.45, 7) is 12.1. The van der Waals surface area contributed by atoms with Crippen LogP contribution in [0.3, 0.4) is 0 Å². The lowest BCUT2D eigenvalue weighted by Crippen LogP contribution is -2.32. The summed E-state index contributed by atoms with van der Waals surface area (Å²) >= 11 is 0. The molecular formula is C24H32N2O3. The molecule has 1 N–H and O–H groups in total. The van der Waals surface area contributed by atoms with Crippen molar-refractivity contribution in [3.05, 3.63) is 54.1 Å². The second kappa shape index (κ2) is 9.59. The SMILES string of the molecule is CC(=O)N(CCC(=O)Nc1ccccc1C(C)(C)C)c1ccc(OC(C)C)cc1. The van der Waals surface area contributed by atoms with Crippen LogP contribution in [0.5, 0.6) is 5.75 Å². The average molecular weight is 397 g/mol. The fourth-order valence-corrected chi connectivity index (χ4v) is 3.12. The summed E-state index contributed by atoms with van der Waals surface area (Å²) in [7, 11) is 0. The molecule has 0 fully saturated rings. The Bertz CT molecular complexity index is 836. The van der Waals surface area contributed by atoms with Gasteiger partial charge in [-0.05, 0) is 55.2 Å². The number of nitrogens with zero attached hydrogens (tertiary/aromatic N) is 1. The molecule has 0 unspecified atom stereocenters. The molecule has 0 aliphatic carbocycles. The summed E-state index contributed by atoms with van der Waals surface area (Å²) < 4.78 is 5.65. The van der Waals surface area contributed by atoms with Crippen LogP contribution in [0.25, 0.3) is 0 Å². The number of hydrogen-bond acceptors (Lipinski definition) is 3. The van der Waals surface area contributed by atoms with Gasteiger partial charge in [0.25, 0.3) is 0 Å². The Hall–Kier alpha value is -2.82. The molecule has 156 valence electrons. The number of carbonyl (C=O) groups excluding carboxylic acids is 2. The molecule has 0 saturated carbocycles. The van der Waals surface area contributed by atoms with Crippen LogP contribution in [0.15, 0.2) is 48.5 Å². The van der Waals surface area contributed by atoms with E-state index in [-0.39, 0.29) is 29.8 Å². The molecule has 2 aromatic carbocycles. The molecule has 5 heteroatoms. The van der Waals surface area contributed by atoms with E-state index in [1.807, 2.05) is 62.4 Å². The van der Waals surface area contributed by atoms with Gasteiger partial charge in [0.05, 0.1) is 6.10 Å². The third-order valence-electron chi connectivity index (χ3n) is 4.47. The van der Waals surface area contributed by atoms with Crippen LogP contribution in [0.1, 0.15) is 53.5 Å². The van der Waals surface area contributed by atoms with Crippen LogP contribution in [0.2, 0.25) is 0 Å². The number of anilines is 2. The molecule has 0 saturated heterocycles. The number of amides is 2. The van der Waals surface area contributed by atoms with Gasteiger partial charge >= 0.3 is 0 Å². The topological polar surface area (TPSA) is 58.6 Å². The van der Waals surface area contributed by atoms with Crippen molar-refractivity contribution in [1.29, 1.82) is 0 Å². The number of rotatable bonds is 7. The van der Waals surface area contributed by atoms with E-state index in [0.29, 0.717) is 6.54 Å². The summed E-state index contributed by atoms with van der Waals surface area (Å²) in [4.78, 5) is 26.3. The first-order valence-corrected chi connectivity index (χ1v) is 10.0. The standard InChI is InChI=1S/C24H32N2O3/c1-17(2)29-20-13-11-19(12-14-20)26(18(3)27)16-15-23(28)25-22-10-8-7-9-21(22)24(4,5)6/h7-14,17H,15-16H2,1-6H3,(H,25,28). The maximum Gasteiger partial charge on any atom is 0.226 e. The molecule has 2 rings (SSSR count). The highest BCUT2D eigenvalue weighted by atomic mass is 16.5. The molecule has 0 atom stereocenters. The second-order valence-electron chi connectivity index (χ2n) is 8.42. The summed E-state index contributed by atoms with van der Waals surface area (Å²) in [6.07, 6.45) is 0.298. The number of ether oxygens (including phenoxy) is 1. The Morgan fingerprint density at radius 1 is 1.03 bits per heavy atom. The van der Waals surface area contributed by atoms with Crippen molar-refractivity contribution in [3.63, 3.8) is 0 Å². The lowest BCUT2D eigenvalue weighted by atomic mass is 9.86. The first-order valence-electron chi connectivity index (χ1n) is 10.0. The van der Waals surface area contributed by atoms with Crippen molar-refractivity contribution in [1.82, 2.24) is 0 Å². The smallest absolute Gasteiger partial charge is 0.226 e. The molecule has 5 nitrogen and oxygen atoms in total. The lowest BCUT2D eigenvalue weighted by Gasteiger charge is -2.24. The minimum absolute atomic E-state index is 0.0743. The van der Waals surface area contributed by atoms with E-state index in [9.17, 15) is 9.59 Å². The molecular weight excluding hydrogens is 364 g/mol. The fraction of sp³-hybridized carbons (Fsp3) is 0.417. The van der Waals surface area contributed by atoms with Crippen molar-refractivity contribution >= 4 is 23.2 Å². The van der Waals surface area contributed by atoms with Gasteiger partial charge < -0.3 is 15.0 Å². The number of nitrogens with one attached hydrogen (secondary N) is 1. The minimum atomic E-state index is -0.118. The predicted molar refractivity (Wildman–Crippen MR) is 119 cm³/mol. The fourth-order valence-electron chi connectivity index (χ4n) is 3.12. The normalized spacial score (nSPS) is 11.3. The quantitative estimate of drug-likeness (QED) is 0.704. The van der Waals surface area contributed by atoms with Gasteiger partial charge in [-0.3, -0.25) is 9.59 Å². The number of benzene rings is 2. The monoisotopic (exact) mass is 396 g/mol. The van der Waals surface area contributed by atoms with Crippen molar-refractivity contribution in [2.24, 2.45) is 0 Å². The van der Waals surface area contributed by atoms with E-state index >= 15 is 0 Å². The van der Waals surface area contributed by atoms with Crippen LogP contribution in [-0.4, -0.2) is 24.5 Å². The molecule has 0 heterocycles. The number of carbonyl (C=O) groups is 2. The van der Waals surface area contributed by atoms with Gasteiger partial charge in [0.1, 0.15) is 5.75 Å². The second-order valence-corrected chi connectivity index (χ2v) is 8.42. The predicted octanol–water partition coefficient (Wildman–Crippen LogP) is 5.15. The van der Waals surface area contributed by atoms with E-state index in [4.69, 9.17) is 4.74 Å². The Morgan fingerprint density at radius 3 is 2.21 bits per heavy atom. The van der Waals surface area contributed by atoms with Gasteiger partial charge in [0.2, 0.25) is 11.8 Å². The molecule has 0 aliphatic rings. The summed E-state index contributed by atoms with van der Waals surface area (Å²) in [6, 6.07) is 15.2. The molecule has 0 aromatic heterocycles. The van der Waals surface area contributed by atoms with E-state index in [1.165, 1.54) is 6.92 Å². The molecule has 0 aliphatic heterocycles. The summed E-state index contributed by atoms with van der Waals surface area (Å²) in [5.41, 5.74) is 2.57. The van der Waals surface area contributed by atoms with E-state index in [2.05, 4.69) is 26.1 Å². The summed E-state index contributed by atoms with van der Waals surface area (Å²) in [5, 5.41) is 3.00. The van der Waals surface area contributed by atoms with E-state index in [1.54, 1.807) is 4.90 Å². The third kappa shape index (κ3) is 6.63. The summed E-state index contributed by atoms with van der Waals surface area (Å²) in [5.74, 6) is 0.530. The molecule has 0 spiro atoms. The van der Waals surface area contributed by atoms with Crippen LogP contribution < -0.4 is 15.0 Å². The molecule has 0 radical (unpaired) electrons. The van der Waals surface area contributed by atoms with Crippen LogP contribution in [0, 0.1) is 0 Å². The van der Waals surface area contributed by atoms with Crippen LogP contribution in [-0.2, 0) is 15.0 Å². The lowest BCUT2D eigenvalue weighted by molar-refractivity contribution is -0.117. The highest BCUT2D eigenvalue weighted by Crippen LogP contribution is 2.29. The zero-order valence-corrected chi connectivity index (χ0v) is 18.3. The van der Waals surface area contributed by atoms with E-state index in [0.717, 1.165) is 22.7 Å². The van der Waals surface area contributed by atoms with Gasteiger partial charge in [-0.2, -0.15) is 0 Å². The van der Waals surface area contributed by atoms with Gasteiger partial charge in [0, 0.05) is 31.3 Å². The highest BCUT2D eigenvalue weighted by Gasteiger charge is 2.19. The largest absolute Gasteiger partial charge is 0.491 e. The Morgan fingerprint density at radius 2 is 1.66 bits per heavy atom. The number of hydrogen-bond donors (Lipinski definition) is 1. The van der Waals surface area contributed by atoms with Gasteiger partial charge in [-0.15, -0.1) is 0 Å². The van der Waals surface area contributed by atoms with Crippen LogP contribution >= 0.6 is 0 Å². The van der Waals surface area contributed by atoms with Crippen LogP contribution in [0.4, 0.5) is 11.4 Å². The maximum atomic E-state index is 12.6. The number of para-hydroxylation sites is 1. The molecule has 2 aromatic rings. The Balaban J connectivity index is 2.04. The zero-order chi connectivity index (χ0) is 21.6. The minimum Gasteiger partial charge on any atom is -0.491 e.